The fraction of sp³-hybridized carbons (Fsp3) is 0.227. The number of ether oxygens (including phenoxy) is 2. The van der Waals surface area contributed by atoms with Gasteiger partial charge in [-0.25, -0.2) is 4.79 Å². The van der Waals surface area contributed by atoms with Gasteiger partial charge in [-0.2, -0.15) is 0 Å². The topological polar surface area (TPSA) is 138 Å². The number of methoxy groups -OCH3 is 1. The van der Waals surface area contributed by atoms with Crippen molar-refractivity contribution in [1.29, 1.82) is 0 Å². The molecule has 0 aliphatic carbocycles. The zero-order valence-electron chi connectivity index (χ0n) is 17.4. The van der Waals surface area contributed by atoms with Gasteiger partial charge in [0.2, 0.25) is 0 Å². The van der Waals surface area contributed by atoms with E-state index in [1.165, 1.54) is 31.4 Å². The highest BCUT2D eigenvalue weighted by Crippen LogP contribution is 2.24. The van der Waals surface area contributed by atoms with E-state index >= 15 is 0 Å². The van der Waals surface area contributed by atoms with Gasteiger partial charge in [-0.1, -0.05) is 0 Å². The number of rotatable bonds is 8. The van der Waals surface area contributed by atoms with Crippen LogP contribution >= 0.6 is 0 Å². The Morgan fingerprint density at radius 1 is 1.16 bits per heavy atom. The first-order chi connectivity index (χ1) is 15.3. The lowest BCUT2D eigenvalue weighted by atomic mass is 10.0. The number of nitrogens with one attached hydrogen (secondary N) is 1. The summed E-state index contributed by atoms with van der Waals surface area (Å²) < 4.78 is 15.4. The summed E-state index contributed by atoms with van der Waals surface area (Å²) in [6.45, 7) is 1.24. The number of nitro groups is 1. The van der Waals surface area contributed by atoms with E-state index in [-0.39, 0.29) is 18.5 Å². The summed E-state index contributed by atoms with van der Waals surface area (Å²) in [6.07, 6.45) is -0.0169. The average molecular weight is 440 g/mol. The number of anilines is 1. The number of nitro benzene ring substituents is 1. The SMILES string of the molecule is COc1ccc2c(C)c(CCC(=O)OCC(=O)Nc3ccc([N+](=O)[O-])cc3)c(=O)oc2c1. The molecule has 3 rings (SSSR count). The predicted octanol–water partition coefficient (Wildman–Crippen LogP) is 3.13. The van der Waals surface area contributed by atoms with E-state index in [9.17, 15) is 24.5 Å². The lowest BCUT2D eigenvalue weighted by molar-refractivity contribution is -0.384. The molecule has 0 bridgehead atoms. The van der Waals surface area contributed by atoms with Crippen LogP contribution in [-0.4, -0.2) is 30.5 Å². The van der Waals surface area contributed by atoms with Gasteiger partial charge in [0, 0.05) is 41.3 Å². The maximum atomic E-state index is 12.3. The molecule has 32 heavy (non-hydrogen) atoms. The van der Waals surface area contributed by atoms with Crippen molar-refractivity contribution in [3.63, 3.8) is 0 Å². The van der Waals surface area contributed by atoms with Crippen LogP contribution in [0.25, 0.3) is 11.0 Å². The van der Waals surface area contributed by atoms with Crippen LogP contribution < -0.4 is 15.7 Å². The minimum atomic E-state index is -0.655. The molecular weight excluding hydrogens is 420 g/mol. The Morgan fingerprint density at radius 2 is 1.88 bits per heavy atom. The molecule has 1 N–H and O–H groups in total. The Bertz CT molecular complexity index is 1230. The summed E-state index contributed by atoms with van der Waals surface area (Å²) in [4.78, 5) is 46.4. The molecule has 0 aliphatic rings. The summed E-state index contributed by atoms with van der Waals surface area (Å²) >= 11 is 0. The second kappa shape index (κ2) is 9.73. The van der Waals surface area contributed by atoms with Crippen molar-refractivity contribution in [3.8, 4) is 5.75 Å². The standard InChI is InChI=1S/C22H20N2O8/c1-13-17-8-7-16(30-2)11-19(17)32-22(27)18(13)9-10-21(26)31-12-20(25)23-14-3-5-15(6-4-14)24(28)29/h3-8,11H,9-10,12H2,1-2H3,(H,23,25). The van der Waals surface area contributed by atoms with Crippen LogP contribution in [0.1, 0.15) is 17.5 Å². The van der Waals surface area contributed by atoms with Crippen molar-refractivity contribution >= 4 is 34.2 Å². The van der Waals surface area contributed by atoms with E-state index in [1.807, 2.05) is 0 Å². The molecule has 1 heterocycles. The number of hydrogen-bond donors (Lipinski definition) is 1. The summed E-state index contributed by atoms with van der Waals surface area (Å²) in [5.41, 5.74) is 1.12. The van der Waals surface area contributed by atoms with Gasteiger partial charge < -0.3 is 19.2 Å². The van der Waals surface area contributed by atoms with Crippen LogP contribution in [0.4, 0.5) is 11.4 Å². The van der Waals surface area contributed by atoms with Gasteiger partial charge in [-0.05, 0) is 43.2 Å². The lowest BCUT2D eigenvalue weighted by Crippen LogP contribution is -2.21. The third-order valence-corrected chi connectivity index (χ3v) is 4.80. The molecule has 0 aliphatic heterocycles. The number of hydrogen-bond acceptors (Lipinski definition) is 8. The largest absolute Gasteiger partial charge is 0.497 e. The molecule has 0 radical (unpaired) electrons. The van der Waals surface area contributed by atoms with Crippen LogP contribution in [0.2, 0.25) is 0 Å². The van der Waals surface area contributed by atoms with Crippen LogP contribution in [0, 0.1) is 17.0 Å². The second-order valence-electron chi connectivity index (χ2n) is 6.87. The number of carbonyl (C=O) groups excluding carboxylic acids is 2. The smallest absolute Gasteiger partial charge is 0.339 e. The molecule has 1 amide bonds. The molecule has 2 aromatic carbocycles. The van der Waals surface area contributed by atoms with E-state index < -0.39 is 29.0 Å². The van der Waals surface area contributed by atoms with Gasteiger partial charge in [-0.15, -0.1) is 0 Å². The quantitative estimate of drug-likeness (QED) is 0.244. The van der Waals surface area contributed by atoms with Crippen molar-refractivity contribution in [1.82, 2.24) is 0 Å². The van der Waals surface area contributed by atoms with E-state index in [0.717, 1.165) is 5.39 Å². The molecule has 0 saturated heterocycles. The Labute approximate surface area is 181 Å². The molecule has 0 spiro atoms. The zero-order valence-corrected chi connectivity index (χ0v) is 17.4. The Kier molecular flexibility index (Phi) is 6.83. The minimum absolute atomic E-state index is 0.0962. The van der Waals surface area contributed by atoms with E-state index in [0.29, 0.717) is 28.1 Å². The van der Waals surface area contributed by atoms with Crippen molar-refractivity contribution < 1.29 is 28.4 Å². The van der Waals surface area contributed by atoms with Crippen molar-refractivity contribution in [2.45, 2.75) is 19.8 Å². The van der Waals surface area contributed by atoms with Crippen LogP contribution in [-0.2, 0) is 20.7 Å². The number of esters is 1. The number of amides is 1. The summed E-state index contributed by atoms with van der Waals surface area (Å²) in [6, 6.07) is 10.4. The maximum Gasteiger partial charge on any atom is 0.339 e. The molecule has 166 valence electrons. The highest BCUT2D eigenvalue weighted by atomic mass is 16.6. The fourth-order valence-electron chi connectivity index (χ4n) is 3.10. The molecule has 0 fully saturated rings. The molecule has 10 heteroatoms. The van der Waals surface area contributed by atoms with Gasteiger partial charge in [0.05, 0.1) is 12.0 Å². The Hall–Kier alpha value is -4.21. The summed E-state index contributed by atoms with van der Waals surface area (Å²) in [7, 11) is 1.51. The van der Waals surface area contributed by atoms with Gasteiger partial charge in [0.25, 0.3) is 11.6 Å². The van der Waals surface area contributed by atoms with Crippen molar-refractivity contribution in [2.24, 2.45) is 0 Å². The fourth-order valence-corrected chi connectivity index (χ4v) is 3.10. The van der Waals surface area contributed by atoms with Crippen LogP contribution in [0.5, 0.6) is 5.75 Å². The lowest BCUT2D eigenvalue weighted by Gasteiger charge is -2.09. The summed E-state index contributed by atoms with van der Waals surface area (Å²) in [5.74, 6) is -0.691. The number of fused-ring (bicyclic) bond motifs is 1. The van der Waals surface area contributed by atoms with Gasteiger partial charge in [0.1, 0.15) is 11.3 Å². The second-order valence-corrected chi connectivity index (χ2v) is 6.87. The van der Waals surface area contributed by atoms with Gasteiger partial charge in [-0.3, -0.25) is 19.7 Å². The first-order valence-corrected chi connectivity index (χ1v) is 9.58. The molecular formula is C22H20N2O8. The van der Waals surface area contributed by atoms with E-state index in [1.54, 1.807) is 25.1 Å². The van der Waals surface area contributed by atoms with Crippen LogP contribution in [0.3, 0.4) is 0 Å². The van der Waals surface area contributed by atoms with Crippen LogP contribution in [0.15, 0.2) is 51.7 Å². The Balaban J connectivity index is 1.55. The van der Waals surface area contributed by atoms with Crippen molar-refractivity contribution in [3.05, 3.63) is 74.1 Å². The minimum Gasteiger partial charge on any atom is -0.497 e. The Morgan fingerprint density at radius 3 is 2.53 bits per heavy atom. The van der Waals surface area contributed by atoms with Gasteiger partial charge >= 0.3 is 11.6 Å². The molecule has 10 nitrogen and oxygen atoms in total. The van der Waals surface area contributed by atoms with E-state index in [4.69, 9.17) is 13.9 Å². The number of nitrogens with zero attached hydrogens (tertiary/aromatic N) is 1. The number of benzene rings is 2. The van der Waals surface area contributed by atoms with E-state index in [2.05, 4.69) is 5.32 Å². The number of aryl methyl sites for hydroxylation is 1. The highest BCUT2D eigenvalue weighted by Gasteiger charge is 2.15. The molecule has 0 saturated carbocycles. The molecule has 0 atom stereocenters. The summed E-state index contributed by atoms with van der Waals surface area (Å²) in [5, 5.41) is 13.8. The maximum absolute atomic E-state index is 12.3. The third-order valence-electron chi connectivity index (χ3n) is 4.80. The number of carbonyl (C=O) groups is 2. The molecule has 3 aromatic rings. The monoisotopic (exact) mass is 440 g/mol. The van der Waals surface area contributed by atoms with Crippen molar-refractivity contribution in [2.75, 3.05) is 19.0 Å². The molecule has 1 aromatic heterocycles. The first-order valence-electron chi connectivity index (χ1n) is 9.58. The predicted molar refractivity (Wildman–Crippen MR) is 115 cm³/mol. The third kappa shape index (κ3) is 5.28. The normalized spacial score (nSPS) is 10.6. The highest BCUT2D eigenvalue weighted by molar-refractivity contribution is 5.92. The first kappa shape index (κ1) is 22.5. The van der Waals surface area contributed by atoms with Gasteiger partial charge in [0.15, 0.2) is 6.61 Å². The number of non-ortho nitro benzene ring substituents is 1. The zero-order chi connectivity index (χ0) is 23.3. The molecule has 0 unspecified atom stereocenters. The average Bonchev–Trinajstić information content (AvgIpc) is 2.77.